The summed E-state index contributed by atoms with van der Waals surface area (Å²) in [6, 6.07) is 0. The molecule has 0 aliphatic carbocycles. The Bertz CT molecular complexity index is 1730. The molecule has 5 atom stereocenters. The molecule has 0 heterocycles. The predicted molar refractivity (Wildman–Crippen MR) is 358 cm³/mol. The van der Waals surface area contributed by atoms with E-state index in [1.54, 1.807) is 0 Å². The zero-order valence-electron chi connectivity index (χ0n) is 57.7. The number of carbonyl (C=O) groups excluding carboxylic acids is 4. The second-order valence-corrected chi connectivity index (χ2v) is 29.1. The van der Waals surface area contributed by atoms with Gasteiger partial charge in [-0.15, -0.1) is 0 Å². The van der Waals surface area contributed by atoms with Crippen molar-refractivity contribution in [2.75, 3.05) is 39.6 Å². The number of ether oxygens (including phenoxy) is 4. The van der Waals surface area contributed by atoms with E-state index in [1.165, 1.54) is 167 Å². The molecule has 2 unspecified atom stereocenters. The molecule has 0 amide bonds. The second kappa shape index (κ2) is 62.2. The molecule has 0 aromatic rings. The molecule has 17 nitrogen and oxygen atoms in total. The maximum absolute atomic E-state index is 13.0. The molecule has 0 radical (unpaired) electrons. The Morgan fingerprint density at radius 2 is 0.517 bits per heavy atom. The third kappa shape index (κ3) is 64.6. The molecule has 0 saturated heterocycles. The first-order chi connectivity index (χ1) is 42.9. The molecular weight excluding hydrogens is 1170 g/mol. The van der Waals surface area contributed by atoms with E-state index in [0.29, 0.717) is 31.6 Å². The molecule has 3 N–H and O–H groups in total. The predicted octanol–water partition coefficient (Wildman–Crippen LogP) is 20.0. The van der Waals surface area contributed by atoms with Crippen LogP contribution in [-0.4, -0.2) is 96.7 Å². The normalized spacial score (nSPS) is 14.1. The van der Waals surface area contributed by atoms with Crippen molar-refractivity contribution >= 4 is 39.5 Å². The zero-order valence-corrected chi connectivity index (χ0v) is 59.5. The van der Waals surface area contributed by atoms with Gasteiger partial charge in [0.25, 0.3) is 0 Å². The highest BCUT2D eigenvalue weighted by molar-refractivity contribution is 7.47. The summed E-state index contributed by atoms with van der Waals surface area (Å²) in [5.74, 6) is -0.728. The molecule has 0 fully saturated rings. The van der Waals surface area contributed by atoms with Gasteiger partial charge in [0, 0.05) is 25.7 Å². The van der Waals surface area contributed by atoms with Crippen LogP contribution in [0, 0.1) is 11.8 Å². The number of phosphoric ester groups is 2. The van der Waals surface area contributed by atoms with Crippen LogP contribution in [0.25, 0.3) is 0 Å². The van der Waals surface area contributed by atoms with Crippen molar-refractivity contribution in [1.29, 1.82) is 0 Å². The molecule has 0 aromatic carbocycles. The molecule has 0 aliphatic rings. The lowest BCUT2D eigenvalue weighted by molar-refractivity contribution is -0.161. The molecule has 89 heavy (non-hydrogen) atoms. The van der Waals surface area contributed by atoms with Crippen molar-refractivity contribution in [3.8, 4) is 0 Å². The number of aliphatic hydroxyl groups is 1. The Hall–Kier alpha value is -1.94. The average Bonchev–Trinajstić information content (AvgIpc) is 3.70. The SMILES string of the molecule is CCCCCCCCCCCCCCCCCC(=O)O[C@H](COC(=O)CCCCCCCCCCCCCCCC)COP(=O)(O)OC[C@@H](O)COP(=O)(O)OC[C@@H](COC(=O)CCCCCCCCC(C)C)OC(=O)CCCCCCCCCCC(C)C. The number of esters is 4. The minimum absolute atomic E-state index is 0.104. The first-order valence-corrected chi connectivity index (χ1v) is 39.5. The third-order valence-electron chi connectivity index (χ3n) is 16.2. The molecule has 0 rings (SSSR count). The van der Waals surface area contributed by atoms with Crippen LogP contribution in [0.15, 0.2) is 0 Å². The van der Waals surface area contributed by atoms with Crippen molar-refractivity contribution in [2.24, 2.45) is 11.8 Å². The minimum Gasteiger partial charge on any atom is -0.462 e. The van der Waals surface area contributed by atoms with E-state index in [9.17, 15) is 43.2 Å². The number of aliphatic hydroxyl groups excluding tert-OH is 1. The van der Waals surface area contributed by atoms with Gasteiger partial charge in [0.15, 0.2) is 12.2 Å². The molecular formula is C70H136O17P2. The molecule has 0 aliphatic heterocycles. The summed E-state index contributed by atoms with van der Waals surface area (Å²) in [4.78, 5) is 72.5. The summed E-state index contributed by atoms with van der Waals surface area (Å²) < 4.78 is 68.2. The summed E-state index contributed by atoms with van der Waals surface area (Å²) in [6.45, 7) is 9.43. The van der Waals surface area contributed by atoms with E-state index >= 15 is 0 Å². The molecule has 0 aromatic heterocycles. The number of unbranched alkanes of at least 4 members (excludes halogenated alkanes) is 39. The van der Waals surface area contributed by atoms with Crippen LogP contribution in [0.2, 0.25) is 0 Å². The Labute approximate surface area is 543 Å². The Morgan fingerprint density at radius 3 is 0.764 bits per heavy atom. The van der Waals surface area contributed by atoms with Crippen LogP contribution in [0.5, 0.6) is 0 Å². The maximum Gasteiger partial charge on any atom is 0.472 e. The number of phosphoric acid groups is 2. The van der Waals surface area contributed by atoms with Gasteiger partial charge in [0.2, 0.25) is 0 Å². The van der Waals surface area contributed by atoms with Crippen molar-refractivity contribution in [1.82, 2.24) is 0 Å². The van der Waals surface area contributed by atoms with E-state index in [2.05, 4.69) is 41.5 Å². The average molecular weight is 1310 g/mol. The number of hydrogen-bond acceptors (Lipinski definition) is 15. The van der Waals surface area contributed by atoms with E-state index in [0.717, 1.165) is 102 Å². The van der Waals surface area contributed by atoms with Gasteiger partial charge in [-0.3, -0.25) is 37.3 Å². The highest BCUT2D eigenvalue weighted by atomic mass is 31.2. The van der Waals surface area contributed by atoms with Crippen molar-refractivity contribution in [2.45, 2.75) is 374 Å². The van der Waals surface area contributed by atoms with Gasteiger partial charge in [0.05, 0.1) is 26.4 Å². The summed E-state index contributed by atoms with van der Waals surface area (Å²) in [5.41, 5.74) is 0. The lowest BCUT2D eigenvalue weighted by atomic mass is 10.0. The highest BCUT2D eigenvalue weighted by Crippen LogP contribution is 2.45. The van der Waals surface area contributed by atoms with Gasteiger partial charge in [0.1, 0.15) is 19.3 Å². The van der Waals surface area contributed by atoms with E-state index in [1.807, 2.05) is 0 Å². The highest BCUT2D eigenvalue weighted by Gasteiger charge is 2.30. The third-order valence-corrected chi connectivity index (χ3v) is 18.1. The van der Waals surface area contributed by atoms with Crippen LogP contribution < -0.4 is 0 Å². The summed E-state index contributed by atoms with van der Waals surface area (Å²) in [5, 5.41) is 10.6. The Balaban J connectivity index is 5.24. The summed E-state index contributed by atoms with van der Waals surface area (Å²) >= 11 is 0. The number of hydrogen-bond donors (Lipinski definition) is 3. The van der Waals surface area contributed by atoms with E-state index in [-0.39, 0.29) is 25.7 Å². The van der Waals surface area contributed by atoms with E-state index in [4.69, 9.17) is 37.0 Å². The van der Waals surface area contributed by atoms with Gasteiger partial charge in [-0.1, -0.05) is 305 Å². The Kier molecular flexibility index (Phi) is 60.8. The van der Waals surface area contributed by atoms with Crippen molar-refractivity contribution < 1.29 is 80.2 Å². The smallest absolute Gasteiger partial charge is 0.462 e. The van der Waals surface area contributed by atoms with Crippen LogP contribution in [0.4, 0.5) is 0 Å². The maximum atomic E-state index is 13.0. The topological polar surface area (TPSA) is 237 Å². The lowest BCUT2D eigenvalue weighted by Crippen LogP contribution is -2.30. The molecule has 0 bridgehead atoms. The quantitative estimate of drug-likeness (QED) is 0.0222. The van der Waals surface area contributed by atoms with Crippen LogP contribution in [0.3, 0.4) is 0 Å². The van der Waals surface area contributed by atoms with Gasteiger partial charge in [-0.25, -0.2) is 9.13 Å². The van der Waals surface area contributed by atoms with Crippen molar-refractivity contribution in [3.63, 3.8) is 0 Å². The molecule has 0 spiro atoms. The molecule has 0 saturated carbocycles. The van der Waals surface area contributed by atoms with Gasteiger partial charge in [-0.2, -0.15) is 0 Å². The number of carbonyl (C=O) groups is 4. The minimum atomic E-state index is -4.95. The fourth-order valence-corrected chi connectivity index (χ4v) is 12.2. The van der Waals surface area contributed by atoms with Crippen LogP contribution >= 0.6 is 15.6 Å². The van der Waals surface area contributed by atoms with Gasteiger partial charge in [-0.05, 0) is 37.5 Å². The van der Waals surface area contributed by atoms with Crippen LogP contribution in [0.1, 0.15) is 356 Å². The van der Waals surface area contributed by atoms with Gasteiger partial charge >= 0.3 is 39.5 Å². The fourth-order valence-electron chi connectivity index (χ4n) is 10.6. The largest absolute Gasteiger partial charge is 0.472 e. The molecule has 19 heteroatoms. The molecule has 528 valence electrons. The first kappa shape index (κ1) is 87.1. The van der Waals surface area contributed by atoms with Crippen LogP contribution in [-0.2, 0) is 65.4 Å². The second-order valence-electron chi connectivity index (χ2n) is 26.2. The zero-order chi connectivity index (χ0) is 65.7. The summed E-state index contributed by atoms with van der Waals surface area (Å²) in [7, 11) is -9.90. The Morgan fingerprint density at radius 1 is 0.303 bits per heavy atom. The number of rotatable bonds is 69. The summed E-state index contributed by atoms with van der Waals surface area (Å²) in [6.07, 6.45) is 47.3. The first-order valence-electron chi connectivity index (χ1n) is 36.5. The van der Waals surface area contributed by atoms with E-state index < -0.39 is 97.5 Å². The standard InChI is InChI=1S/C70H136O17P2/c1-7-9-11-13-15-17-19-21-23-25-27-29-34-42-48-54-69(74)86-65(58-80-67(72)52-46-40-33-28-26-24-22-20-18-16-14-12-10-8-2)60-84-88(76,77)82-56-64(71)57-83-89(78,79)85-61-66(59-81-68(73)53-47-41-37-36-39-45-51-63(5)6)87-70(75)55-49-43-35-31-30-32-38-44-50-62(3)4/h62-66,71H,7-61H2,1-6H3,(H,76,77)(H,78,79)/t64-,65-,66-/m1/s1. The lowest BCUT2D eigenvalue weighted by Gasteiger charge is -2.21. The van der Waals surface area contributed by atoms with Crippen molar-refractivity contribution in [3.05, 3.63) is 0 Å². The monoisotopic (exact) mass is 1310 g/mol. The van der Waals surface area contributed by atoms with Gasteiger partial charge < -0.3 is 33.8 Å². The fraction of sp³-hybridized carbons (Fsp3) is 0.943.